The number of fused-ring (bicyclic) bond motifs is 4. The van der Waals surface area contributed by atoms with Crippen LogP contribution in [0.3, 0.4) is 0 Å². The lowest BCUT2D eigenvalue weighted by atomic mass is 9.56. The van der Waals surface area contributed by atoms with Crippen molar-refractivity contribution >= 4 is 65.1 Å². The minimum atomic E-state index is -1.97. The third-order valence-electron chi connectivity index (χ3n) is 9.02. The maximum atomic E-state index is 14.0. The zero-order valence-corrected chi connectivity index (χ0v) is 23.1. The Morgan fingerprint density at radius 3 is 2.38 bits per heavy atom. The summed E-state index contributed by atoms with van der Waals surface area (Å²) in [5.41, 5.74) is 1.73. The van der Waals surface area contributed by atoms with Crippen molar-refractivity contribution in [2.24, 2.45) is 17.8 Å². The number of allylic oxidation sites excluding steroid dienone is 2. The Morgan fingerprint density at radius 2 is 1.68 bits per heavy atom. The van der Waals surface area contributed by atoms with Crippen LogP contribution in [0.2, 0.25) is 0 Å². The maximum Gasteiger partial charge on any atom is 0.488 e. The molecule has 0 spiro atoms. The molecule has 2 aromatic rings. The second kappa shape index (κ2) is 8.91. The predicted octanol–water partition coefficient (Wildman–Crippen LogP) is 1.57. The third kappa shape index (κ3) is 3.30. The van der Waals surface area contributed by atoms with Crippen molar-refractivity contribution in [3.05, 3.63) is 65.2 Å². The number of amides is 4. The van der Waals surface area contributed by atoms with Gasteiger partial charge in [-0.3, -0.25) is 29.0 Å². The normalized spacial score (nSPS) is 33.1. The van der Waals surface area contributed by atoms with E-state index in [1.165, 1.54) is 31.3 Å². The number of anilines is 1. The van der Waals surface area contributed by atoms with Gasteiger partial charge in [0.1, 0.15) is 5.75 Å². The van der Waals surface area contributed by atoms with Crippen LogP contribution in [0.15, 0.2) is 54.1 Å². The number of rotatable bonds is 3. The molecule has 3 N–H and O–H groups in total. The molecule has 2 heterocycles. The molecule has 2 aliphatic carbocycles. The number of hydrogen-bond donors (Lipinski definition) is 3. The molecule has 4 amide bonds. The number of nitrogens with zero attached hydrogens (tertiary/aromatic N) is 2. The van der Waals surface area contributed by atoms with Crippen molar-refractivity contribution in [2.45, 2.75) is 35.4 Å². The maximum absolute atomic E-state index is 14.0. The van der Waals surface area contributed by atoms with Crippen molar-refractivity contribution in [3.63, 3.8) is 0 Å². The second-order valence-corrected chi connectivity index (χ2v) is 12.2. The number of likely N-dealkylation sites (tertiary alicyclic amines) is 1. The summed E-state index contributed by atoms with van der Waals surface area (Å²) in [5, 5.41) is 30.3. The van der Waals surface area contributed by atoms with E-state index >= 15 is 0 Å². The molecule has 1 saturated carbocycles. The Morgan fingerprint density at radius 1 is 0.975 bits per heavy atom. The SMILES string of the molecule is Cc1cccc(C2C3=CCC4C(=O)N(c5cccc(B(O)O)c5)C(=O)C4C3CC3(Cl)C(=O)N(C)C(=O)C23Cl)c1O. The summed E-state index contributed by atoms with van der Waals surface area (Å²) in [6, 6.07) is 10.9. The van der Waals surface area contributed by atoms with Gasteiger partial charge in [0.2, 0.25) is 11.8 Å². The molecule has 2 saturated heterocycles. The van der Waals surface area contributed by atoms with Crippen molar-refractivity contribution in [1.29, 1.82) is 0 Å². The molecular weight excluding hydrogens is 558 g/mol. The van der Waals surface area contributed by atoms with Gasteiger partial charge in [-0.2, -0.15) is 0 Å². The van der Waals surface area contributed by atoms with Gasteiger partial charge in [0.15, 0.2) is 9.75 Å². The smallest absolute Gasteiger partial charge is 0.488 e. The predicted molar refractivity (Wildman–Crippen MR) is 147 cm³/mol. The highest BCUT2D eigenvalue weighted by atomic mass is 35.5. The number of carbonyl (C=O) groups is 4. The molecular formula is C28H25BCl2N2O7. The number of aromatic hydroxyl groups is 1. The molecule has 2 aromatic carbocycles. The Hall–Kier alpha value is -3.18. The van der Waals surface area contributed by atoms with Crippen LogP contribution in [-0.4, -0.2) is 67.6 Å². The summed E-state index contributed by atoms with van der Waals surface area (Å²) in [4.78, 5) is 52.7. The van der Waals surface area contributed by atoms with Gasteiger partial charge >= 0.3 is 7.12 Å². The molecule has 2 aliphatic heterocycles. The van der Waals surface area contributed by atoms with Crippen LogP contribution >= 0.6 is 23.2 Å². The number of imide groups is 2. The summed E-state index contributed by atoms with van der Waals surface area (Å²) in [7, 11) is -0.486. The van der Waals surface area contributed by atoms with Crippen molar-refractivity contribution in [2.75, 3.05) is 11.9 Å². The number of alkyl halides is 2. The van der Waals surface area contributed by atoms with E-state index in [1.54, 1.807) is 31.2 Å². The van der Waals surface area contributed by atoms with Gasteiger partial charge in [0.25, 0.3) is 11.8 Å². The van der Waals surface area contributed by atoms with Gasteiger partial charge in [-0.05, 0) is 48.8 Å². The van der Waals surface area contributed by atoms with E-state index in [0.717, 1.165) is 9.80 Å². The summed E-state index contributed by atoms with van der Waals surface area (Å²) >= 11 is 14.2. The lowest BCUT2D eigenvalue weighted by Crippen LogP contribution is -2.60. The van der Waals surface area contributed by atoms with Gasteiger partial charge in [-0.25, -0.2) is 0 Å². The fraction of sp³-hybridized carbons (Fsp3) is 0.357. The first-order valence-electron chi connectivity index (χ1n) is 12.9. The lowest BCUT2D eigenvalue weighted by Gasteiger charge is -2.50. The summed E-state index contributed by atoms with van der Waals surface area (Å²) in [6.07, 6.45) is 1.80. The first-order chi connectivity index (χ1) is 18.8. The van der Waals surface area contributed by atoms with E-state index in [1.807, 2.05) is 0 Å². The average molecular weight is 583 g/mol. The van der Waals surface area contributed by atoms with Crippen LogP contribution in [0.5, 0.6) is 5.75 Å². The number of carbonyl (C=O) groups excluding carboxylic acids is 4. The summed E-state index contributed by atoms with van der Waals surface area (Å²) < 4.78 is 0. The van der Waals surface area contributed by atoms with Crippen molar-refractivity contribution in [3.8, 4) is 5.75 Å². The molecule has 206 valence electrons. The van der Waals surface area contributed by atoms with E-state index in [9.17, 15) is 34.3 Å². The van der Waals surface area contributed by atoms with E-state index in [-0.39, 0.29) is 29.7 Å². The molecule has 3 fully saturated rings. The van der Waals surface area contributed by atoms with Crippen LogP contribution in [0, 0.1) is 24.7 Å². The van der Waals surface area contributed by atoms with E-state index < -0.39 is 64.2 Å². The Labute approximate surface area is 240 Å². The van der Waals surface area contributed by atoms with Gasteiger partial charge in [0, 0.05) is 18.5 Å². The molecule has 6 unspecified atom stereocenters. The molecule has 6 atom stereocenters. The highest BCUT2D eigenvalue weighted by molar-refractivity contribution is 6.58. The van der Waals surface area contributed by atoms with Crippen LogP contribution in [0.25, 0.3) is 0 Å². The average Bonchev–Trinajstić information content (AvgIpc) is 3.25. The largest absolute Gasteiger partial charge is 0.507 e. The Balaban J connectivity index is 1.51. The molecule has 0 radical (unpaired) electrons. The first kappa shape index (κ1) is 27.0. The van der Waals surface area contributed by atoms with Crippen LogP contribution in [0.1, 0.15) is 29.9 Å². The monoisotopic (exact) mass is 582 g/mol. The summed E-state index contributed by atoms with van der Waals surface area (Å²) in [5.74, 6) is -5.92. The van der Waals surface area contributed by atoms with Gasteiger partial charge in [-0.1, -0.05) is 42.0 Å². The number of para-hydroxylation sites is 1. The molecule has 12 heteroatoms. The fourth-order valence-corrected chi connectivity index (χ4v) is 8.09. The standard InChI is InChI=1S/C28H25BCl2N2O7/c1-13-5-3-8-18(22(13)34)21-16-9-10-17-20(19(16)12-27(30)25(37)32(2)26(38)28(21,27)31)24(36)33(23(17)35)15-7-4-6-14(11-15)29(39)40/h3-9,11,17,19-21,34,39-40H,10,12H2,1-2H3. The number of phenols is 1. The molecule has 0 aromatic heterocycles. The molecule has 6 rings (SSSR count). The number of halogens is 2. The highest BCUT2D eigenvalue weighted by Crippen LogP contribution is 2.66. The zero-order valence-electron chi connectivity index (χ0n) is 21.5. The quantitative estimate of drug-likeness (QED) is 0.216. The summed E-state index contributed by atoms with van der Waals surface area (Å²) in [6.45, 7) is 1.70. The topological polar surface area (TPSA) is 135 Å². The minimum Gasteiger partial charge on any atom is -0.507 e. The number of benzene rings is 2. The van der Waals surface area contributed by atoms with Crippen LogP contribution in [-0.2, 0) is 19.2 Å². The first-order valence-corrected chi connectivity index (χ1v) is 13.6. The molecule has 4 aliphatic rings. The van der Waals surface area contributed by atoms with Crippen molar-refractivity contribution in [1.82, 2.24) is 4.90 Å². The minimum absolute atomic E-state index is 0.0974. The second-order valence-electron chi connectivity index (χ2n) is 11.0. The molecule has 0 bridgehead atoms. The number of phenolic OH excluding ortho intramolecular Hbond substituents is 1. The Kier molecular flexibility index (Phi) is 6.02. The third-order valence-corrected chi connectivity index (χ3v) is 10.4. The zero-order chi connectivity index (χ0) is 28.9. The van der Waals surface area contributed by atoms with E-state index in [4.69, 9.17) is 23.2 Å². The molecule has 9 nitrogen and oxygen atoms in total. The van der Waals surface area contributed by atoms with Gasteiger partial charge < -0.3 is 15.2 Å². The number of aryl methyl sites for hydroxylation is 1. The van der Waals surface area contributed by atoms with E-state index in [0.29, 0.717) is 16.7 Å². The van der Waals surface area contributed by atoms with Crippen LogP contribution in [0.4, 0.5) is 5.69 Å². The van der Waals surface area contributed by atoms with Gasteiger partial charge in [0.05, 0.1) is 17.5 Å². The Bertz CT molecular complexity index is 1550. The lowest BCUT2D eigenvalue weighted by molar-refractivity contribution is -0.138. The van der Waals surface area contributed by atoms with E-state index in [2.05, 4.69) is 0 Å². The molecule has 40 heavy (non-hydrogen) atoms. The van der Waals surface area contributed by atoms with Gasteiger partial charge in [-0.15, -0.1) is 23.2 Å². The number of hydrogen-bond acceptors (Lipinski definition) is 7. The van der Waals surface area contributed by atoms with Crippen LogP contribution < -0.4 is 10.4 Å². The van der Waals surface area contributed by atoms with Crippen molar-refractivity contribution < 1.29 is 34.3 Å². The highest BCUT2D eigenvalue weighted by Gasteiger charge is 2.76. The fourth-order valence-electron chi connectivity index (χ4n) is 7.08.